The predicted molar refractivity (Wildman–Crippen MR) is 77.9 cm³/mol. The van der Waals surface area contributed by atoms with E-state index in [1.54, 1.807) is 0 Å². The van der Waals surface area contributed by atoms with Gasteiger partial charge in [0.1, 0.15) is 0 Å². The van der Waals surface area contributed by atoms with E-state index in [2.05, 4.69) is 35.3 Å². The van der Waals surface area contributed by atoms with E-state index in [-0.39, 0.29) is 5.92 Å². The standard InChI is InChI=1S/C16H23N3/c1-2-19(16-8-10-18-11-9-16)13-15(12-17)14-6-4-3-5-7-14/h3-7,15-16,18H,2,8-11,13H2,1H3. The summed E-state index contributed by atoms with van der Waals surface area (Å²) in [5.74, 6) is -0.0176. The van der Waals surface area contributed by atoms with Crippen LogP contribution in [0.3, 0.4) is 0 Å². The number of nitrogens with one attached hydrogen (secondary N) is 1. The summed E-state index contributed by atoms with van der Waals surface area (Å²) in [7, 11) is 0. The molecule has 0 aromatic heterocycles. The van der Waals surface area contributed by atoms with Crippen molar-refractivity contribution in [2.75, 3.05) is 26.2 Å². The molecule has 19 heavy (non-hydrogen) atoms. The lowest BCUT2D eigenvalue weighted by atomic mass is 9.97. The molecule has 1 aliphatic rings. The van der Waals surface area contributed by atoms with Gasteiger partial charge in [-0.05, 0) is 38.0 Å². The van der Waals surface area contributed by atoms with E-state index in [0.29, 0.717) is 6.04 Å². The van der Waals surface area contributed by atoms with Gasteiger partial charge in [0.15, 0.2) is 0 Å². The maximum Gasteiger partial charge on any atom is 0.0839 e. The molecule has 1 N–H and O–H groups in total. The number of hydrogen-bond donors (Lipinski definition) is 1. The van der Waals surface area contributed by atoms with Gasteiger partial charge in [0, 0.05) is 12.6 Å². The molecule has 1 fully saturated rings. The van der Waals surface area contributed by atoms with Crippen LogP contribution in [0.2, 0.25) is 0 Å². The van der Waals surface area contributed by atoms with E-state index in [1.165, 1.54) is 12.8 Å². The summed E-state index contributed by atoms with van der Waals surface area (Å²) in [6, 6.07) is 13.2. The zero-order chi connectivity index (χ0) is 13.5. The monoisotopic (exact) mass is 257 g/mol. The van der Waals surface area contributed by atoms with E-state index in [0.717, 1.165) is 31.7 Å². The third kappa shape index (κ3) is 3.79. The Hall–Kier alpha value is -1.37. The molecule has 1 aromatic carbocycles. The van der Waals surface area contributed by atoms with Crippen LogP contribution in [0.25, 0.3) is 0 Å². The van der Waals surface area contributed by atoms with E-state index < -0.39 is 0 Å². The Bertz CT molecular complexity index is 404. The van der Waals surface area contributed by atoms with Crippen LogP contribution in [0.15, 0.2) is 30.3 Å². The van der Waals surface area contributed by atoms with Crippen molar-refractivity contribution < 1.29 is 0 Å². The summed E-state index contributed by atoms with van der Waals surface area (Å²) in [6.07, 6.45) is 2.39. The number of nitrogens with zero attached hydrogens (tertiary/aromatic N) is 2. The summed E-state index contributed by atoms with van der Waals surface area (Å²) in [5.41, 5.74) is 1.14. The van der Waals surface area contributed by atoms with Gasteiger partial charge in [0.2, 0.25) is 0 Å². The summed E-state index contributed by atoms with van der Waals surface area (Å²) in [5, 5.41) is 12.8. The van der Waals surface area contributed by atoms with E-state index in [1.807, 2.05) is 18.2 Å². The SMILES string of the molecule is CCN(CC(C#N)c1ccccc1)C1CCNCC1. The number of hydrogen-bond acceptors (Lipinski definition) is 3. The fraction of sp³-hybridized carbons (Fsp3) is 0.562. The topological polar surface area (TPSA) is 39.1 Å². The number of nitriles is 1. The number of piperidine rings is 1. The van der Waals surface area contributed by atoms with E-state index >= 15 is 0 Å². The van der Waals surface area contributed by atoms with Crippen LogP contribution in [-0.2, 0) is 0 Å². The van der Waals surface area contributed by atoms with Crippen LogP contribution in [0, 0.1) is 11.3 Å². The highest BCUT2D eigenvalue weighted by molar-refractivity contribution is 5.25. The Kier molecular flexibility index (Phi) is 5.38. The van der Waals surface area contributed by atoms with Crippen LogP contribution >= 0.6 is 0 Å². The smallest absolute Gasteiger partial charge is 0.0839 e. The molecule has 1 saturated heterocycles. The maximum atomic E-state index is 9.43. The molecule has 0 saturated carbocycles. The summed E-state index contributed by atoms with van der Waals surface area (Å²) in [6.45, 7) is 6.27. The summed E-state index contributed by atoms with van der Waals surface area (Å²) >= 11 is 0. The number of benzene rings is 1. The molecule has 0 spiro atoms. The average Bonchev–Trinajstić information content (AvgIpc) is 2.50. The van der Waals surface area contributed by atoms with Crippen LogP contribution < -0.4 is 5.32 Å². The molecule has 1 heterocycles. The van der Waals surface area contributed by atoms with Gasteiger partial charge in [-0.1, -0.05) is 37.3 Å². The van der Waals surface area contributed by atoms with Crippen molar-refractivity contribution in [1.29, 1.82) is 5.26 Å². The first-order chi connectivity index (χ1) is 9.35. The average molecular weight is 257 g/mol. The molecule has 2 rings (SSSR count). The lowest BCUT2D eigenvalue weighted by Crippen LogP contribution is -2.44. The van der Waals surface area contributed by atoms with Gasteiger partial charge in [-0.2, -0.15) is 5.26 Å². The fourth-order valence-corrected chi connectivity index (χ4v) is 2.85. The molecule has 1 aliphatic heterocycles. The van der Waals surface area contributed by atoms with Crippen LogP contribution in [0.5, 0.6) is 0 Å². The van der Waals surface area contributed by atoms with Crippen molar-refractivity contribution in [1.82, 2.24) is 10.2 Å². The molecule has 0 aliphatic carbocycles. The minimum atomic E-state index is -0.0176. The Morgan fingerprint density at radius 1 is 1.32 bits per heavy atom. The summed E-state index contributed by atoms with van der Waals surface area (Å²) < 4.78 is 0. The normalized spacial score (nSPS) is 18.2. The van der Waals surface area contributed by atoms with Gasteiger partial charge < -0.3 is 5.32 Å². The first-order valence-corrected chi connectivity index (χ1v) is 7.24. The van der Waals surface area contributed by atoms with Crippen molar-refractivity contribution in [2.24, 2.45) is 0 Å². The first kappa shape index (κ1) is 14.0. The largest absolute Gasteiger partial charge is 0.317 e. The van der Waals surface area contributed by atoms with Crippen molar-refractivity contribution in [3.8, 4) is 6.07 Å². The fourth-order valence-electron chi connectivity index (χ4n) is 2.85. The lowest BCUT2D eigenvalue weighted by Gasteiger charge is -2.35. The van der Waals surface area contributed by atoms with E-state index in [9.17, 15) is 5.26 Å². The molecule has 0 radical (unpaired) electrons. The highest BCUT2D eigenvalue weighted by atomic mass is 15.2. The van der Waals surface area contributed by atoms with Gasteiger partial charge in [-0.15, -0.1) is 0 Å². The van der Waals surface area contributed by atoms with Crippen molar-refractivity contribution >= 4 is 0 Å². The molecular weight excluding hydrogens is 234 g/mol. The Morgan fingerprint density at radius 2 is 2.00 bits per heavy atom. The van der Waals surface area contributed by atoms with Crippen LogP contribution in [0.1, 0.15) is 31.2 Å². The van der Waals surface area contributed by atoms with Crippen molar-refractivity contribution in [2.45, 2.75) is 31.7 Å². The first-order valence-electron chi connectivity index (χ1n) is 7.24. The second kappa shape index (κ2) is 7.28. The molecular formula is C16H23N3. The highest BCUT2D eigenvalue weighted by Crippen LogP contribution is 2.20. The predicted octanol–water partition coefficient (Wildman–Crippen LogP) is 2.37. The molecule has 0 bridgehead atoms. The third-order valence-electron chi connectivity index (χ3n) is 4.01. The Labute approximate surface area is 116 Å². The minimum Gasteiger partial charge on any atom is -0.317 e. The Balaban J connectivity index is 2.01. The van der Waals surface area contributed by atoms with Gasteiger partial charge in [0.05, 0.1) is 12.0 Å². The van der Waals surface area contributed by atoms with E-state index in [4.69, 9.17) is 0 Å². The van der Waals surface area contributed by atoms with Crippen LogP contribution in [-0.4, -0.2) is 37.1 Å². The van der Waals surface area contributed by atoms with Gasteiger partial charge in [-0.3, -0.25) is 4.90 Å². The molecule has 1 aromatic rings. The summed E-state index contributed by atoms with van der Waals surface area (Å²) in [4.78, 5) is 2.47. The zero-order valence-corrected chi connectivity index (χ0v) is 11.7. The van der Waals surface area contributed by atoms with Crippen molar-refractivity contribution in [3.63, 3.8) is 0 Å². The minimum absolute atomic E-state index is 0.0176. The van der Waals surface area contributed by atoms with Gasteiger partial charge in [-0.25, -0.2) is 0 Å². The Morgan fingerprint density at radius 3 is 2.58 bits per heavy atom. The van der Waals surface area contributed by atoms with Gasteiger partial charge in [0.25, 0.3) is 0 Å². The highest BCUT2D eigenvalue weighted by Gasteiger charge is 2.23. The second-order valence-electron chi connectivity index (χ2n) is 5.16. The van der Waals surface area contributed by atoms with Crippen molar-refractivity contribution in [3.05, 3.63) is 35.9 Å². The number of rotatable bonds is 5. The van der Waals surface area contributed by atoms with Crippen LogP contribution in [0.4, 0.5) is 0 Å². The molecule has 102 valence electrons. The second-order valence-corrected chi connectivity index (χ2v) is 5.16. The molecule has 3 nitrogen and oxygen atoms in total. The molecule has 1 atom stereocenters. The quantitative estimate of drug-likeness (QED) is 0.880. The lowest BCUT2D eigenvalue weighted by molar-refractivity contribution is 0.167. The molecule has 3 heteroatoms. The zero-order valence-electron chi connectivity index (χ0n) is 11.7. The third-order valence-corrected chi connectivity index (χ3v) is 4.01. The molecule has 0 amide bonds. The number of likely N-dealkylation sites (N-methyl/N-ethyl adjacent to an activating group) is 1. The maximum absolute atomic E-state index is 9.43. The molecule has 1 unspecified atom stereocenters. The van der Waals surface area contributed by atoms with Gasteiger partial charge >= 0.3 is 0 Å².